The van der Waals surface area contributed by atoms with Gasteiger partial charge in [0.1, 0.15) is 0 Å². The summed E-state index contributed by atoms with van der Waals surface area (Å²) in [5, 5.41) is 10.4. The van der Waals surface area contributed by atoms with E-state index in [1.807, 2.05) is 0 Å². The van der Waals surface area contributed by atoms with Crippen molar-refractivity contribution < 1.29 is 5.11 Å². The first kappa shape index (κ1) is 13.0. The molecule has 0 amide bonds. The molecule has 1 aromatic carbocycles. The first-order valence-electron chi connectivity index (χ1n) is 6.52. The van der Waals surface area contributed by atoms with E-state index in [0.717, 1.165) is 11.5 Å². The maximum Gasteiger partial charge on any atom is 0.0818 e. The minimum Gasteiger partial charge on any atom is -0.388 e. The highest BCUT2D eigenvalue weighted by Crippen LogP contribution is 2.37. The van der Waals surface area contributed by atoms with E-state index in [2.05, 4.69) is 37.4 Å². The van der Waals surface area contributed by atoms with E-state index < -0.39 is 0 Å². The van der Waals surface area contributed by atoms with Gasteiger partial charge in [-0.1, -0.05) is 31.9 Å². The number of aliphatic hydroxyl groups excluding tert-OH is 1. The van der Waals surface area contributed by atoms with Gasteiger partial charge in [-0.05, 0) is 48.6 Å². The van der Waals surface area contributed by atoms with Crippen molar-refractivity contribution in [3.8, 4) is 0 Å². The Morgan fingerprint density at radius 1 is 1.24 bits per heavy atom. The van der Waals surface area contributed by atoms with Gasteiger partial charge in [-0.3, -0.25) is 0 Å². The van der Waals surface area contributed by atoms with Crippen LogP contribution in [0.25, 0.3) is 0 Å². The maximum absolute atomic E-state index is 10.4. The Balaban J connectivity index is 2.04. The SMILES string of the molecule is CSc1ccc(C(O)C2CCCC(C)C2)cc1. The second-order valence-corrected chi connectivity index (χ2v) is 6.13. The second kappa shape index (κ2) is 5.92. The molecule has 0 aliphatic heterocycles. The Morgan fingerprint density at radius 2 is 1.94 bits per heavy atom. The number of thioether (sulfide) groups is 1. The predicted octanol–water partition coefficient (Wildman–Crippen LogP) is 4.27. The lowest BCUT2D eigenvalue weighted by atomic mass is 9.78. The minimum atomic E-state index is -0.270. The molecule has 1 aliphatic carbocycles. The van der Waals surface area contributed by atoms with Crippen molar-refractivity contribution in [2.45, 2.75) is 43.6 Å². The number of rotatable bonds is 3. The second-order valence-electron chi connectivity index (χ2n) is 5.25. The van der Waals surface area contributed by atoms with E-state index in [4.69, 9.17) is 0 Å². The first-order valence-corrected chi connectivity index (χ1v) is 7.75. The van der Waals surface area contributed by atoms with Crippen LogP contribution < -0.4 is 0 Å². The molecule has 0 spiro atoms. The van der Waals surface area contributed by atoms with E-state index in [1.54, 1.807) is 11.8 Å². The molecule has 0 radical (unpaired) electrons. The van der Waals surface area contributed by atoms with Crippen molar-refractivity contribution in [2.75, 3.05) is 6.26 Å². The van der Waals surface area contributed by atoms with Crippen molar-refractivity contribution in [2.24, 2.45) is 11.8 Å². The lowest BCUT2D eigenvalue weighted by Gasteiger charge is -2.30. The average Bonchev–Trinajstić information content (AvgIpc) is 2.38. The van der Waals surface area contributed by atoms with Crippen LogP contribution in [0.4, 0.5) is 0 Å². The maximum atomic E-state index is 10.4. The van der Waals surface area contributed by atoms with E-state index in [9.17, 15) is 5.11 Å². The van der Waals surface area contributed by atoms with Gasteiger partial charge in [0.05, 0.1) is 6.10 Å². The van der Waals surface area contributed by atoms with Gasteiger partial charge in [-0.25, -0.2) is 0 Å². The Kier molecular flexibility index (Phi) is 4.52. The summed E-state index contributed by atoms with van der Waals surface area (Å²) in [6.07, 6.45) is 6.75. The van der Waals surface area contributed by atoms with Gasteiger partial charge in [0, 0.05) is 4.90 Å². The third kappa shape index (κ3) is 3.26. The van der Waals surface area contributed by atoms with Crippen LogP contribution in [-0.4, -0.2) is 11.4 Å². The van der Waals surface area contributed by atoms with Crippen LogP contribution in [0, 0.1) is 11.8 Å². The molecule has 0 bridgehead atoms. The molecule has 94 valence electrons. The fraction of sp³-hybridized carbons (Fsp3) is 0.600. The van der Waals surface area contributed by atoms with Crippen molar-refractivity contribution in [1.82, 2.24) is 0 Å². The van der Waals surface area contributed by atoms with E-state index >= 15 is 0 Å². The summed E-state index contributed by atoms with van der Waals surface area (Å²) < 4.78 is 0. The van der Waals surface area contributed by atoms with Crippen LogP contribution in [0.1, 0.15) is 44.3 Å². The Labute approximate surface area is 109 Å². The zero-order chi connectivity index (χ0) is 12.3. The predicted molar refractivity (Wildman–Crippen MR) is 74.3 cm³/mol. The molecule has 1 aliphatic rings. The Hall–Kier alpha value is -0.470. The summed E-state index contributed by atoms with van der Waals surface area (Å²) in [6, 6.07) is 8.37. The quantitative estimate of drug-likeness (QED) is 0.808. The summed E-state index contributed by atoms with van der Waals surface area (Å²) in [7, 11) is 0. The monoisotopic (exact) mass is 250 g/mol. The molecule has 1 saturated carbocycles. The van der Waals surface area contributed by atoms with Gasteiger partial charge < -0.3 is 5.11 Å². The van der Waals surface area contributed by atoms with Gasteiger partial charge in [-0.2, -0.15) is 0 Å². The third-order valence-corrected chi connectivity index (χ3v) is 4.62. The van der Waals surface area contributed by atoms with Gasteiger partial charge in [0.25, 0.3) is 0 Å². The van der Waals surface area contributed by atoms with Crippen LogP contribution in [0.5, 0.6) is 0 Å². The highest BCUT2D eigenvalue weighted by atomic mass is 32.2. The van der Waals surface area contributed by atoms with Gasteiger partial charge >= 0.3 is 0 Å². The molecular formula is C15H22OS. The highest BCUT2D eigenvalue weighted by molar-refractivity contribution is 7.98. The van der Waals surface area contributed by atoms with Crippen LogP contribution >= 0.6 is 11.8 Å². The van der Waals surface area contributed by atoms with Crippen molar-refractivity contribution in [1.29, 1.82) is 0 Å². The largest absolute Gasteiger partial charge is 0.388 e. The van der Waals surface area contributed by atoms with Crippen LogP contribution in [-0.2, 0) is 0 Å². The molecule has 0 aromatic heterocycles. The number of hydrogen-bond donors (Lipinski definition) is 1. The molecule has 0 saturated heterocycles. The molecule has 3 atom stereocenters. The normalized spacial score (nSPS) is 26.8. The number of aliphatic hydroxyl groups is 1. The van der Waals surface area contributed by atoms with Crippen molar-refractivity contribution in [3.05, 3.63) is 29.8 Å². The third-order valence-electron chi connectivity index (χ3n) is 3.88. The Bertz CT molecular complexity index is 346. The average molecular weight is 250 g/mol. The molecule has 3 unspecified atom stereocenters. The molecule has 2 heteroatoms. The zero-order valence-corrected chi connectivity index (χ0v) is 11.5. The smallest absolute Gasteiger partial charge is 0.0818 e. The summed E-state index contributed by atoms with van der Waals surface area (Å²) >= 11 is 1.74. The number of benzene rings is 1. The Morgan fingerprint density at radius 3 is 2.53 bits per heavy atom. The number of hydrogen-bond acceptors (Lipinski definition) is 2. The molecule has 2 rings (SSSR count). The van der Waals surface area contributed by atoms with Crippen LogP contribution in [0.2, 0.25) is 0 Å². The molecule has 0 heterocycles. The van der Waals surface area contributed by atoms with E-state index in [1.165, 1.54) is 30.6 Å². The lowest BCUT2D eigenvalue weighted by Crippen LogP contribution is -2.20. The van der Waals surface area contributed by atoms with E-state index in [0.29, 0.717) is 5.92 Å². The van der Waals surface area contributed by atoms with Crippen molar-refractivity contribution >= 4 is 11.8 Å². The topological polar surface area (TPSA) is 20.2 Å². The van der Waals surface area contributed by atoms with Gasteiger partial charge in [-0.15, -0.1) is 11.8 Å². The molecule has 17 heavy (non-hydrogen) atoms. The lowest BCUT2D eigenvalue weighted by molar-refractivity contribution is 0.0714. The molecule has 1 aromatic rings. The van der Waals surface area contributed by atoms with Crippen molar-refractivity contribution in [3.63, 3.8) is 0 Å². The van der Waals surface area contributed by atoms with Crippen LogP contribution in [0.15, 0.2) is 29.2 Å². The fourth-order valence-electron chi connectivity index (χ4n) is 2.84. The highest BCUT2D eigenvalue weighted by Gasteiger charge is 2.26. The minimum absolute atomic E-state index is 0.270. The first-order chi connectivity index (χ1) is 8.20. The van der Waals surface area contributed by atoms with Crippen LogP contribution in [0.3, 0.4) is 0 Å². The standard InChI is InChI=1S/C15H22OS/c1-11-4-3-5-13(10-11)15(16)12-6-8-14(17-2)9-7-12/h6-9,11,13,15-16H,3-5,10H2,1-2H3. The van der Waals surface area contributed by atoms with Gasteiger partial charge in [0.2, 0.25) is 0 Å². The molecule has 1 N–H and O–H groups in total. The fourth-order valence-corrected chi connectivity index (χ4v) is 3.25. The molecule has 1 nitrogen and oxygen atoms in total. The van der Waals surface area contributed by atoms with Gasteiger partial charge in [0.15, 0.2) is 0 Å². The summed E-state index contributed by atoms with van der Waals surface area (Å²) in [4.78, 5) is 1.26. The zero-order valence-electron chi connectivity index (χ0n) is 10.7. The summed E-state index contributed by atoms with van der Waals surface area (Å²) in [5.74, 6) is 1.23. The molecule has 1 fully saturated rings. The summed E-state index contributed by atoms with van der Waals surface area (Å²) in [6.45, 7) is 2.30. The molecular weight excluding hydrogens is 228 g/mol. The van der Waals surface area contributed by atoms with E-state index in [-0.39, 0.29) is 6.10 Å². The summed E-state index contributed by atoms with van der Waals surface area (Å²) in [5.41, 5.74) is 1.09.